The van der Waals surface area contributed by atoms with Gasteiger partial charge in [-0.1, -0.05) is 24.3 Å². The van der Waals surface area contributed by atoms with E-state index in [0.29, 0.717) is 11.0 Å². The van der Waals surface area contributed by atoms with Gasteiger partial charge in [-0.05, 0) is 12.1 Å². The fraction of sp³-hybridized carbons (Fsp3) is 0.0714. The molecule has 1 aromatic carbocycles. The number of pyridine rings is 2. The number of aliphatic carboxylic acids is 1. The maximum Gasteiger partial charge on any atom is 0.338 e. The average molecular weight is 254 g/mol. The summed E-state index contributed by atoms with van der Waals surface area (Å²) < 4.78 is 0. The second-order valence-electron chi connectivity index (χ2n) is 4.19. The molecule has 3 aromatic rings. The second-order valence-corrected chi connectivity index (χ2v) is 4.19. The lowest BCUT2D eigenvalue weighted by Crippen LogP contribution is -2.12. The summed E-state index contributed by atoms with van der Waals surface area (Å²) in [6.45, 7) is 0. The van der Waals surface area contributed by atoms with Crippen LogP contribution in [0.15, 0.2) is 42.6 Å². The van der Waals surface area contributed by atoms with Crippen molar-refractivity contribution < 1.29 is 15.0 Å². The van der Waals surface area contributed by atoms with E-state index in [0.717, 1.165) is 10.8 Å². The lowest BCUT2D eigenvalue weighted by Gasteiger charge is -2.07. The van der Waals surface area contributed by atoms with Crippen LogP contribution < -0.4 is 0 Å². The molecule has 0 aliphatic rings. The highest BCUT2D eigenvalue weighted by Crippen LogP contribution is 2.23. The molecule has 2 aromatic heterocycles. The summed E-state index contributed by atoms with van der Waals surface area (Å²) in [4.78, 5) is 19.3. The van der Waals surface area contributed by atoms with Gasteiger partial charge in [0.05, 0.1) is 16.7 Å². The molecule has 5 heteroatoms. The molecule has 5 nitrogen and oxygen atoms in total. The van der Waals surface area contributed by atoms with Gasteiger partial charge in [-0.25, -0.2) is 9.78 Å². The molecule has 0 radical (unpaired) electrons. The van der Waals surface area contributed by atoms with E-state index in [1.807, 2.05) is 24.3 Å². The number of carboxylic acids is 1. The third-order valence-electron chi connectivity index (χ3n) is 2.97. The topological polar surface area (TPSA) is 83.3 Å². The van der Waals surface area contributed by atoms with Gasteiger partial charge >= 0.3 is 5.97 Å². The monoisotopic (exact) mass is 254 g/mol. The largest absolute Gasteiger partial charge is 0.479 e. The van der Waals surface area contributed by atoms with Crippen LogP contribution in [-0.2, 0) is 4.79 Å². The van der Waals surface area contributed by atoms with Crippen molar-refractivity contribution in [3.8, 4) is 0 Å². The fourth-order valence-corrected chi connectivity index (χ4v) is 2.02. The third-order valence-corrected chi connectivity index (χ3v) is 2.97. The number of aromatic nitrogens is 2. The van der Waals surface area contributed by atoms with Crippen molar-refractivity contribution in [3.63, 3.8) is 0 Å². The summed E-state index contributed by atoms with van der Waals surface area (Å²) in [5.74, 6) is -1.32. The van der Waals surface area contributed by atoms with Crippen molar-refractivity contribution in [2.24, 2.45) is 0 Å². The van der Waals surface area contributed by atoms with Crippen molar-refractivity contribution >= 4 is 27.8 Å². The summed E-state index contributed by atoms with van der Waals surface area (Å²) in [6.07, 6.45) is 0.0346. The van der Waals surface area contributed by atoms with Crippen LogP contribution in [0.3, 0.4) is 0 Å². The Bertz CT molecular complexity index is 786. The van der Waals surface area contributed by atoms with Crippen LogP contribution in [0.2, 0.25) is 0 Å². The number of nitrogens with zero attached hydrogens (tertiary/aromatic N) is 2. The van der Waals surface area contributed by atoms with Gasteiger partial charge in [0.2, 0.25) is 0 Å². The number of aliphatic hydroxyl groups excluding tert-OH is 1. The zero-order valence-corrected chi connectivity index (χ0v) is 9.82. The first kappa shape index (κ1) is 11.6. The van der Waals surface area contributed by atoms with Crippen LogP contribution >= 0.6 is 0 Å². The molecule has 1 atom stereocenters. The van der Waals surface area contributed by atoms with E-state index in [1.165, 1.54) is 6.07 Å². The highest BCUT2D eigenvalue weighted by Gasteiger charge is 2.18. The number of carboxylic acid groups (broad SMARTS) is 1. The number of carbonyl (C=O) groups is 1. The molecule has 94 valence electrons. The zero-order valence-electron chi connectivity index (χ0n) is 9.82. The lowest BCUT2D eigenvalue weighted by molar-refractivity contribution is -0.147. The van der Waals surface area contributed by atoms with Gasteiger partial charge in [0.1, 0.15) is 0 Å². The molecule has 0 fully saturated rings. The Labute approximate surface area is 108 Å². The van der Waals surface area contributed by atoms with Crippen molar-refractivity contribution in [2.75, 3.05) is 0 Å². The van der Waals surface area contributed by atoms with Crippen LogP contribution in [0, 0.1) is 0 Å². The maximum absolute atomic E-state index is 10.8. The summed E-state index contributed by atoms with van der Waals surface area (Å²) in [5.41, 5.74) is 1.40. The van der Waals surface area contributed by atoms with E-state index in [1.54, 1.807) is 12.3 Å². The van der Waals surface area contributed by atoms with E-state index < -0.39 is 12.1 Å². The molecule has 1 unspecified atom stereocenters. The average Bonchev–Trinajstić information content (AvgIpc) is 2.45. The highest BCUT2D eigenvalue weighted by molar-refractivity contribution is 6.02. The normalized spacial score (nSPS) is 12.7. The van der Waals surface area contributed by atoms with E-state index >= 15 is 0 Å². The first-order valence-corrected chi connectivity index (χ1v) is 5.72. The molecular formula is C14H10N2O3. The number of fused-ring (bicyclic) bond motifs is 3. The Hall–Kier alpha value is -2.53. The summed E-state index contributed by atoms with van der Waals surface area (Å²) >= 11 is 0. The number of hydrogen-bond acceptors (Lipinski definition) is 4. The molecule has 0 saturated heterocycles. The van der Waals surface area contributed by atoms with Crippen molar-refractivity contribution in [1.82, 2.24) is 9.97 Å². The summed E-state index contributed by atoms with van der Waals surface area (Å²) in [5, 5.41) is 20.1. The molecule has 0 aliphatic carbocycles. The van der Waals surface area contributed by atoms with E-state index in [2.05, 4.69) is 9.97 Å². The van der Waals surface area contributed by atoms with Gasteiger partial charge in [-0.15, -0.1) is 0 Å². The fourth-order valence-electron chi connectivity index (χ4n) is 2.02. The van der Waals surface area contributed by atoms with E-state index in [4.69, 9.17) is 5.11 Å². The Morgan fingerprint density at radius 3 is 2.47 bits per heavy atom. The van der Waals surface area contributed by atoms with Gasteiger partial charge in [0.15, 0.2) is 6.10 Å². The van der Waals surface area contributed by atoms with Gasteiger partial charge in [-0.3, -0.25) is 4.98 Å². The molecule has 0 amide bonds. The van der Waals surface area contributed by atoms with Gasteiger partial charge in [-0.2, -0.15) is 0 Å². The van der Waals surface area contributed by atoms with Gasteiger partial charge in [0, 0.05) is 17.0 Å². The predicted molar refractivity (Wildman–Crippen MR) is 69.6 cm³/mol. The van der Waals surface area contributed by atoms with Crippen LogP contribution in [0.1, 0.15) is 11.8 Å². The Balaban J connectivity index is 2.31. The minimum atomic E-state index is -1.62. The maximum atomic E-state index is 10.8. The molecule has 0 aliphatic heterocycles. The first-order chi connectivity index (χ1) is 9.16. The van der Waals surface area contributed by atoms with Crippen LogP contribution in [0.5, 0.6) is 0 Å². The standard InChI is InChI=1S/C14H10N2O3/c17-13(14(18)19)10-6-5-9-4-3-8-2-1-7-15-11(8)12(9)16-10/h1-7,13,17H,(H,18,19). The van der Waals surface area contributed by atoms with Gasteiger partial charge < -0.3 is 10.2 Å². The molecular weight excluding hydrogens is 244 g/mol. The van der Waals surface area contributed by atoms with Crippen LogP contribution in [0.4, 0.5) is 0 Å². The lowest BCUT2D eigenvalue weighted by atomic mass is 10.1. The number of hydrogen-bond donors (Lipinski definition) is 2. The number of aliphatic hydroxyl groups is 1. The Morgan fingerprint density at radius 1 is 1.05 bits per heavy atom. The molecule has 0 spiro atoms. The minimum Gasteiger partial charge on any atom is -0.479 e. The zero-order chi connectivity index (χ0) is 13.4. The third kappa shape index (κ3) is 1.90. The Kier molecular flexibility index (Phi) is 2.61. The van der Waals surface area contributed by atoms with E-state index in [-0.39, 0.29) is 5.69 Å². The van der Waals surface area contributed by atoms with E-state index in [9.17, 15) is 9.90 Å². The van der Waals surface area contributed by atoms with Crippen molar-refractivity contribution in [2.45, 2.75) is 6.10 Å². The van der Waals surface area contributed by atoms with Crippen LogP contribution in [-0.4, -0.2) is 26.2 Å². The molecule has 0 saturated carbocycles. The minimum absolute atomic E-state index is 0.109. The van der Waals surface area contributed by atoms with Crippen molar-refractivity contribution in [1.29, 1.82) is 0 Å². The smallest absolute Gasteiger partial charge is 0.338 e. The Morgan fingerprint density at radius 2 is 1.74 bits per heavy atom. The van der Waals surface area contributed by atoms with Gasteiger partial charge in [0.25, 0.3) is 0 Å². The number of rotatable bonds is 2. The molecule has 19 heavy (non-hydrogen) atoms. The van der Waals surface area contributed by atoms with Crippen LogP contribution in [0.25, 0.3) is 21.8 Å². The number of benzene rings is 1. The summed E-state index contributed by atoms with van der Waals surface area (Å²) in [7, 11) is 0. The highest BCUT2D eigenvalue weighted by atomic mass is 16.4. The summed E-state index contributed by atoms with van der Waals surface area (Å²) in [6, 6.07) is 10.8. The molecule has 2 N–H and O–H groups in total. The SMILES string of the molecule is O=C(O)C(O)c1ccc2ccc3cccnc3c2n1. The first-order valence-electron chi connectivity index (χ1n) is 5.72. The van der Waals surface area contributed by atoms with Crippen molar-refractivity contribution in [3.05, 3.63) is 48.3 Å². The molecule has 3 rings (SSSR count). The molecule has 2 heterocycles. The predicted octanol–water partition coefficient (Wildman–Crippen LogP) is 1.90. The molecule has 0 bridgehead atoms. The quantitative estimate of drug-likeness (QED) is 0.682. The second kappa shape index (κ2) is 4.29.